The summed E-state index contributed by atoms with van der Waals surface area (Å²) in [5, 5.41) is 4.93. The van der Waals surface area contributed by atoms with Gasteiger partial charge in [0, 0.05) is 10.0 Å². The van der Waals surface area contributed by atoms with Crippen molar-refractivity contribution in [3.05, 3.63) is 88.4 Å². The summed E-state index contributed by atoms with van der Waals surface area (Å²) in [4.78, 5) is 16.9. The van der Waals surface area contributed by atoms with Crippen LogP contribution in [-0.4, -0.2) is 17.2 Å². The molecule has 138 valence electrons. The second-order valence-electron chi connectivity index (χ2n) is 5.76. The highest BCUT2D eigenvalue weighted by Gasteiger charge is 2.13. The van der Waals surface area contributed by atoms with E-state index >= 15 is 0 Å². The number of ether oxygens (including phenoxy) is 1. The van der Waals surface area contributed by atoms with Crippen molar-refractivity contribution in [3.63, 3.8) is 0 Å². The number of benzene rings is 3. The lowest BCUT2D eigenvalue weighted by Crippen LogP contribution is -2.10. The molecular weight excluding hydrogens is 438 g/mol. The third kappa shape index (κ3) is 4.11. The van der Waals surface area contributed by atoms with Crippen LogP contribution in [0.1, 0.15) is 15.9 Å². The molecule has 0 spiro atoms. The van der Waals surface area contributed by atoms with Crippen molar-refractivity contribution in [2.75, 3.05) is 5.43 Å². The third-order valence-electron chi connectivity index (χ3n) is 3.87. The highest BCUT2D eigenvalue weighted by molar-refractivity contribution is 9.10. The summed E-state index contributed by atoms with van der Waals surface area (Å²) in [6.07, 6.45) is 1.61. The molecule has 3 aromatic carbocycles. The van der Waals surface area contributed by atoms with Gasteiger partial charge in [0.15, 0.2) is 0 Å². The van der Waals surface area contributed by atoms with Gasteiger partial charge in [0.1, 0.15) is 5.75 Å². The maximum Gasteiger partial charge on any atom is 0.344 e. The van der Waals surface area contributed by atoms with Gasteiger partial charge in [-0.2, -0.15) is 5.10 Å². The molecule has 1 heterocycles. The quantitative estimate of drug-likeness (QED) is 0.182. The van der Waals surface area contributed by atoms with Crippen LogP contribution in [-0.2, 0) is 0 Å². The van der Waals surface area contributed by atoms with Crippen molar-refractivity contribution in [1.29, 1.82) is 0 Å². The number of hydrogen-bond acceptors (Lipinski definition) is 6. The number of hydrogen-bond donors (Lipinski definition) is 1. The first kappa shape index (κ1) is 18.3. The van der Waals surface area contributed by atoms with E-state index in [0.717, 1.165) is 10.2 Å². The van der Waals surface area contributed by atoms with E-state index in [9.17, 15) is 4.79 Å². The zero-order chi connectivity index (χ0) is 19.3. The van der Waals surface area contributed by atoms with Crippen molar-refractivity contribution in [3.8, 4) is 5.75 Å². The van der Waals surface area contributed by atoms with Gasteiger partial charge in [-0.05, 0) is 52.3 Å². The average Bonchev–Trinajstić information content (AvgIpc) is 3.12. The molecule has 0 unspecified atom stereocenters. The summed E-state index contributed by atoms with van der Waals surface area (Å²) >= 11 is 4.89. The third-order valence-corrected chi connectivity index (χ3v) is 5.51. The Morgan fingerprint density at radius 3 is 2.64 bits per heavy atom. The van der Waals surface area contributed by atoms with E-state index in [1.54, 1.807) is 36.5 Å². The van der Waals surface area contributed by atoms with Crippen molar-refractivity contribution in [1.82, 2.24) is 4.98 Å². The van der Waals surface area contributed by atoms with Gasteiger partial charge in [-0.15, -0.1) is 0 Å². The van der Waals surface area contributed by atoms with Crippen LogP contribution in [0.3, 0.4) is 0 Å². The molecule has 5 nitrogen and oxygen atoms in total. The van der Waals surface area contributed by atoms with E-state index < -0.39 is 5.97 Å². The van der Waals surface area contributed by atoms with Crippen LogP contribution in [0.15, 0.2) is 82.4 Å². The Balaban J connectivity index is 1.50. The molecule has 0 aliphatic rings. The Morgan fingerprint density at radius 1 is 1.04 bits per heavy atom. The molecule has 0 aliphatic carbocycles. The predicted octanol–water partition coefficient (Wildman–Crippen LogP) is 5.72. The molecule has 0 atom stereocenters. The first-order valence-corrected chi connectivity index (χ1v) is 10.0. The van der Waals surface area contributed by atoms with Gasteiger partial charge >= 0.3 is 5.97 Å². The van der Waals surface area contributed by atoms with Crippen LogP contribution in [0.4, 0.5) is 5.13 Å². The monoisotopic (exact) mass is 451 g/mol. The van der Waals surface area contributed by atoms with Crippen LogP contribution in [0, 0.1) is 0 Å². The number of carbonyl (C=O) groups is 1. The molecule has 1 aromatic heterocycles. The summed E-state index contributed by atoms with van der Waals surface area (Å²) in [7, 11) is 0. The minimum absolute atomic E-state index is 0.429. The molecule has 0 saturated carbocycles. The zero-order valence-corrected chi connectivity index (χ0v) is 16.9. The lowest BCUT2D eigenvalue weighted by Gasteiger charge is -2.08. The molecule has 0 radical (unpaired) electrons. The molecule has 28 heavy (non-hydrogen) atoms. The maximum absolute atomic E-state index is 12.5. The minimum atomic E-state index is -0.438. The molecule has 0 aliphatic heterocycles. The van der Waals surface area contributed by atoms with E-state index in [4.69, 9.17) is 4.74 Å². The van der Waals surface area contributed by atoms with E-state index in [1.165, 1.54) is 11.3 Å². The number of thiazole rings is 1. The Bertz CT molecular complexity index is 1140. The number of nitrogens with one attached hydrogen (secondary N) is 1. The van der Waals surface area contributed by atoms with Gasteiger partial charge in [0.25, 0.3) is 0 Å². The number of anilines is 1. The number of halogens is 1. The highest BCUT2D eigenvalue weighted by Crippen LogP contribution is 2.25. The van der Waals surface area contributed by atoms with Crippen molar-refractivity contribution < 1.29 is 9.53 Å². The average molecular weight is 452 g/mol. The lowest BCUT2D eigenvalue weighted by molar-refractivity contribution is 0.0733. The number of esters is 1. The number of aromatic nitrogens is 1. The number of carbonyl (C=O) groups excluding carboxylic acids is 1. The molecule has 1 N–H and O–H groups in total. The molecule has 0 amide bonds. The fraction of sp³-hybridized carbons (Fsp3) is 0. The SMILES string of the molecule is O=C(Oc1ccccc1C=NNc1nc2ccccc2s1)c1ccccc1Br. The molecule has 0 fully saturated rings. The Hall–Kier alpha value is -3.03. The minimum Gasteiger partial charge on any atom is -0.422 e. The second kappa shape index (κ2) is 8.33. The molecule has 7 heteroatoms. The molecular formula is C21H14BrN3O2S. The fourth-order valence-corrected chi connectivity index (χ4v) is 3.80. The Morgan fingerprint density at radius 2 is 1.79 bits per heavy atom. The first-order chi connectivity index (χ1) is 13.7. The van der Waals surface area contributed by atoms with E-state index in [-0.39, 0.29) is 0 Å². The summed E-state index contributed by atoms with van der Waals surface area (Å²) < 4.78 is 7.33. The van der Waals surface area contributed by atoms with E-state index in [2.05, 4.69) is 31.4 Å². The van der Waals surface area contributed by atoms with Gasteiger partial charge in [-0.3, -0.25) is 5.43 Å². The summed E-state index contributed by atoms with van der Waals surface area (Å²) in [5.74, 6) is -0.00874. The number of fused-ring (bicyclic) bond motifs is 1. The lowest BCUT2D eigenvalue weighted by atomic mass is 10.2. The topological polar surface area (TPSA) is 63.6 Å². The van der Waals surface area contributed by atoms with Crippen molar-refractivity contribution >= 4 is 54.8 Å². The standard InChI is InChI=1S/C21H14BrN3O2S/c22-16-9-3-2-8-15(16)20(26)27-18-11-5-1-7-14(18)13-23-25-21-24-17-10-4-6-12-19(17)28-21/h1-13H,(H,24,25). The number of nitrogens with zero attached hydrogens (tertiary/aromatic N) is 2. The number of rotatable bonds is 5. The van der Waals surface area contributed by atoms with Gasteiger partial charge in [0.05, 0.1) is 22.0 Å². The summed E-state index contributed by atoms with van der Waals surface area (Å²) in [6.45, 7) is 0. The van der Waals surface area contributed by atoms with Crippen molar-refractivity contribution in [2.45, 2.75) is 0 Å². The highest BCUT2D eigenvalue weighted by atomic mass is 79.9. The normalized spacial score (nSPS) is 11.0. The van der Waals surface area contributed by atoms with Crippen LogP contribution >= 0.6 is 27.3 Å². The van der Waals surface area contributed by atoms with E-state index in [1.807, 2.05) is 42.5 Å². The zero-order valence-electron chi connectivity index (χ0n) is 14.5. The fourth-order valence-electron chi connectivity index (χ4n) is 2.54. The Kier molecular flexibility index (Phi) is 5.45. The van der Waals surface area contributed by atoms with Crippen molar-refractivity contribution in [2.24, 2.45) is 5.10 Å². The van der Waals surface area contributed by atoms with Crippen LogP contribution in [0.2, 0.25) is 0 Å². The van der Waals surface area contributed by atoms with Crippen LogP contribution in [0.5, 0.6) is 5.75 Å². The van der Waals surface area contributed by atoms with Gasteiger partial charge in [-0.1, -0.05) is 47.7 Å². The number of para-hydroxylation sites is 2. The van der Waals surface area contributed by atoms with Gasteiger partial charge < -0.3 is 4.74 Å². The summed E-state index contributed by atoms with van der Waals surface area (Å²) in [6, 6.07) is 22.2. The largest absolute Gasteiger partial charge is 0.422 e. The summed E-state index contributed by atoms with van der Waals surface area (Å²) in [5.41, 5.74) is 4.99. The van der Waals surface area contributed by atoms with Crippen LogP contribution < -0.4 is 10.2 Å². The molecule has 4 rings (SSSR count). The van der Waals surface area contributed by atoms with Crippen LogP contribution in [0.25, 0.3) is 10.2 Å². The Labute approximate surface area is 173 Å². The van der Waals surface area contributed by atoms with Gasteiger partial charge in [0.2, 0.25) is 5.13 Å². The number of hydrazone groups is 1. The molecule has 0 saturated heterocycles. The maximum atomic E-state index is 12.5. The smallest absolute Gasteiger partial charge is 0.344 e. The van der Waals surface area contributed by atoms with E-state index in [0.29, 0.717) is 26.5 Å². The van der Waals surface area contributed by atoms with Gasteiger partial charge in [-0.25, -0.2) is 9.78 Å². The predicted molar refractivity (Wildman–Crippen MR) is 116 cm³/mol. The molecule has 0 bridgehead atoms. The molecule has 4 aromatic rings. The second-order valence-corrected chi connectivity index (χ2v) is 7.65. The first-order valence-electron chi connectivity index (χ1n) is 8.41.